The summed E-state index contributed by atoms with van der Waals surface area (Å²) in [5, 5.41) is 0.891. The van der Waals surface area contributed by atoms with E-state index in [0.717, 1.165) is 23.5 Å². The summed E-state index contributed by atoms with van der Waals surface area (Å²) in [5.41, 5.74) is 0.821. The van der Waals surface area contributed by atoms with Crippen LogP contribution < -0.4 is 0 Å². The van der Waals surface area contributed by atoms with Gasteiger partial charge < -0.3 is 9.47 Å². The van der Waals surface area contributed by atoms with Gasteiger partial charge in [0, 0.05) is 13.7 Å². The number of rotatable bonds is 5. The van der Waals surface area contributed by atoms with Gasteiger partial charge in [-0.2, -0.15) is 0 Å². The number of hydrogen-bond donors (Lipinski definition) is 0. The van der Waals surface area contributed by atoms with Gasteiger partial charge in [0.15, 0.2) is 0 Å². The zero-order valence-electron chi connectivity index (χ0n) is 9.20. The number of carbonyl (C=O) groups excluding carboxylic acids is 1. The molecule has 0 saturated carbocycles. The van der Waals surface area contributed by atoms with E-state index in [1.807, 2.05) is 6.92 Å². The molecule has 1 rings (SSSR count). The van der Waals surface area contributed by atoms with Crippen LogP contribution in [0.25, 0.3) is 0 Å². The molecule has 0 N–H and O–H groups in total. The first-order valence-electron chi connectivity index (χ1n) is 4.72. The van der Waals surface area contributed by atoms with Gasteiger partial charge in [-0.05, 0) is 19.8 Å². The Morgan fingerprint density at radius 2 is 2.20 bits per heavy atom. The number of methoxy groups -OCH3 is 2. The van der Waals surface area contributed by atoms with Crippen molar-refractivity contribution in [3.8, 4) is 0 Å². The van der Waals surface area contributed by atoms with Crippen molar-refractivity contribution in [2.75, 3.05) is 20.8 Å². The molecule has 0 unspecified atom stereocenters. The molecule has 0 fully saturated rings. The largest absolute Gasteiger partial charge is 0.465 e. The van der Waals surface area contributed by atoms with Crippen LogP contribution in [0.1, 0.15) is 26.8 Å². The lowest BCUT2D eigenvalue weighted by Gasteiger charge is -2.00. The molecule has 0 atom stereocenters. The Labute approximate surface area is 93.2 Å². The number of hydrogen-bond acceptors (Lipinski definition) is 5. The fourth-order valence-electron chi connectivity index (χ4n) is 1.28. The molecule has 1 aromatic heterocycles. The number of esters is 1. The second kappa shape index (κ2) is 5.82. The molecular formula is C10H15NO3S. The van der Waals surface area contributed by atoms with E-state index < -0.39 is 0 Å². The molecule has 15 heavy (non-hydrogen) atoms. The first-order chi connectivity index (χ1) is 7.19. The van der Waals surface area contributed by atoms with Crippen molar-refractivity contribution in [3.63, 3.8) is 0 Å². The number of aromatic nitrogens is 1. The smallest absolute Gasteiger partial charge is 0.349 e. The number of ether oxygens (including phenoxy) is 2. The van der Waals surface area contributed by atoms with E-state index in [-0.39, 0.29) is 5.97 Å². The summed E-state index contributed by atoms with van der Waals surface area (Å²) < 4.78 is 9.65. The summed E-state index contributed by atoms with van der Waals surface area (Å²) in [4.78, 5) is 16.3. The van der Waals surface area contributed by atoms with Gasteiger partial charge in [-0.15, -0.1) is 11.3 Å². The Balaban J connectivity index is 2.72. The van der Waals surface area contributed by atoms with Crippen LogP contribution in [0.4, 0.5) is 0 Å². The van der Waals surface area contributed by atoms with Crippen molar-refractivity contribution >= 4 is 17.3 Å². The van der Waals surface area contributed by atoms with E-state index in [4.69, 9.17) is 9.47 Å². The third-order valence-corrected chi connectivity index (χ3v) is 2.93. The fourth-order valence-corrected chi connectivity index (χ4v) is 2.16. The summed E-state index contributed by atoms with van der Waals surface area (Å²) in [7, 11) is 3.05. The van der Waals surface area contributed by atoms with E-state index in [0.29, 0.717) is 11.5 Å². The van der Waals surface area contributed by atoms with E-state index in [2.05, 4.69) is 4.98 Å². The SMILES string of the molecule is COCCCc1nc(C)sc1C(=O)OC. The van der Waals surface area contributed by atoms with Crippen molar-refractivity contribution in [1.29, 1.82) is 0 Å². The molecule has 1 heterocycles. The van der Waals surface area contributed by atoms with Gasteiger partial charge >= 0.3 is 5.97 Å². The summed E-state index contributed by atoms with van der Waals surface area (Å²) in [6.45, 7) is 2.56. The van der Waals surface area contributed by atoms with Crippen LogP contribution in [-0.2, 0) is 15.9 Å². The Kier molecular flexibility index (Phi) is 4.71. The van der Waals surface area contributed by atoms with Crippen molar-refractivity contribution in [2.24, 2.45) is 0 Å². The lowest BCUT2D eigenvalue weighted by atomic mass is 10.2. The van der Waals surface area contributed by atoms with Gasteiger partial charge in [0.25, 0.3) is 0 Å². The Morgan fingerprint density at radius 3 is 2.80 bits per heavy atom. The highest BCUT2D eigenvalue weighted by molar-refractivity contribution is 7.13. The van der Waals surface area contributed by atoms with Gasteiger partial charge in [-0.1, -0.05) is 0 Å². The Morgan fingerprint density at radius 1 is 1.47 bits per heavy atom. The number of thiazole rings is 1. The summed E-state index contributed by atoms with van der Waals surface area (Å²) in [5.74, 6) is -0.298. The van der Waals surface area contributed by atoms with Gasteiger partial charge in [0.05, 0.1) is 17.8 Å². The van der Waals surface area contributed by atoms with Gasteiger partial charge in [-0.3, -0.25) is 0 Å². The standard InChI is InChI=1S/C10H15NO3S/c1-7-11-8(5-4-6-13-2)9(15-7)10(12)14-3/h4-6H2,1-3H3. The number of carbonyl (C=O) groups is 1. The van der Waals surface area contributed by atoms with E-state index in [9.17, 15) is 4.79 Å². The van der Waals surface area contributed by atoms with Crippen LogP contribution in [0.2, 0.25) is 0 Å². The molecule has 5 heteroatoms. The second-order valence-corrected chi connectivity index (χ2v) is 4.30. The molecule has 1 aromatic rings. The maximum absolute atomic E-state index is 11.4. The minimum Gasteiger partial charge on any atom is -0.465 e. The van der Waals surface area contributed by atoms with Gasteiger partial charge in [0.2, 0.25) is 0 Å². The second-order valence-electron chi connectivity index (χ2n) is 3.10. The van der Waals surface area contributed by atoms with Crippen molar-refractivity contribution in [3.05, 3.63) is 15.6 Å². The molecule has 0 aliphatic rings. The molecule has 0 radical (unpaired) electrons. The van der Waals surface area contributed by atoms with Crippen LogP contribution in [0, 0.1) is 6.92 Å². The van der Waals surface area contributed by atoms with Crippen molar-refractivity contribution < 1.29 is 14.3 Å². The van der Waals surface area contributed by atoms with Crippen molar-refractivity contribution in [1.82, 2.24) is 4.98 Å². The van der Waals surface area contributed by atoms with Gasteiger partial charge in [0.1, 0.15) is 4.88 Å². The maximum Gasteiger partial charge on any atom is 0.349 e. The number of nitrogens with zero attached hydrogens (tertiary/aromatic N) is 1. The fraction of sp³-hybridized carbons (Fsp3) is 0.600. The average molecular weight is 229 g/mol. The van der Waals surface area contributed by atoms with E-state index in [1.165, 1.54) is 18.4 Å². The van der Waals surface area contributed by atoms with Crippen LogP contribution in [0.5, 0.6) is 0 Å². The third kappa shape index (κ3) is 3.28. The lowest BCUT2D eigenvalue weighted by molar-refractivity contribution is 0.0604. The predicted molar refractivity (Wildman–Crippen MR) is 58.4 cm³/mol. The molecule has 0 aliphatic heterocycles. The lowest BCUT2D eigenvalue weighted by Crippen LogP contribution is -2.03. The minimum absolute atomic E-state index is 0.298. The normalized spacial score (nSPS) is 10.3. The zero-order valence-corrected chi connectivity index (χ0v) is 10.0. The highest BCUT2D eigenvalue weighted by Crippen LogP contribution is 2.20. The molecule has 0 aromatic carbocycles. The van der Waals surface area contributed by atoms with E-state index >= 15 is 0 Å². The average Bonchev–Trinajstić information content (AvgIpc) is 2.59. The highest BCUT2D eigenvalue weighted by atomic mass is 32.1. The number of aryl methyl sites for hydroxylation is 2. The van der Waals surface area contributed by atoms with Gasteiger partial charge in [-0.25, -0.2) is 9.78 Å². The zero-order chi connectivity index (χ0) is 11.3. The highest BCUT2D eigenvalue weighted by Gasteiger charge is 2.16. The molecule has 0 saturated heterocycles. The maximum atomic E-state index is 11.4. The molecule has 0 aliphatic carbocycles. The molecule has 84 valence electrons. The first-order valence-corrected chi connectivity index (χ1v) is 5.54. The third-order valence-electron chi connectivity index (χ3n) is 1.94. The summed E-state index contributed by atoms with van der Waals surface area (Å²) >= 11 is 1.38. The van der Waals surface area contributed by atoms with Crippen LogP contribution in [0.3, 0.4) is 0 Å². The molecule has 0 bridgehead atoms. The Bertz CT molecular complexity index is 335. The Hall–Kier alpha value is -0.940. The predicted octanol–water partition coefficient (Wildman–Crippen LogP) is 1.82. The summed E-state index contributed by atoms with van der Waals surface area (Å²) in [6.07, 6.45) is 1.62. The first kappa shape index (κ1) is 12.1. The molecule has 0 spiro atoms. The van der Waals surface area contributed by atoms with E-state index in [1.54, 1.807) is 7.11 Å². The molecule has 0 amide bonds. The van der Waals surface area contributed by atoms with Crippen LogP contribution >= 0.6 is 11.3 Å². The van der Waals surface area contributed by atoms with Crippen LogP contribution in [-0.4, -0.2) is 31.8 Å². The summed E-state index contributed by atoms with van der Waals surface area (Å²) in [6, 6.07) is 0. The minimum atomic E-state index is -0.298. The quantitative estimate of drug-likeness (QED) is 0.571. The van der Waals surface area contributed by atoms with Crippen LogP contribution in [0.15, 0.2) is 0 Å². The van der Waals surface area contributed by atoms with Crippen molar-refractivity contribution in [2.45, 2.75) is 19.8 Å². The molecule has 4 nitrogen and oxygen atoms in total. The molecular weight excluding hydrogens is 214 g/mol. The monoisotopic (exact) mass is 229 g/mol. The topological polar surface area (TPSA) is 48.4 Å².